The summed E-state index contributed by atoms with van der Waals surface area (Å²) in [5.41, 5.74) is 6.21. The molecule has 0 aliphatic heterocycles. The summed E-state index contributed by atoms with van der Waals surface area (Å²) in [6, 6.07) is 1.92. The minimum Gasteiger partial charge on any atom is -0.375 e. The summed E-state index contributed by atoms with van der Waals surface area (Å²) in [5, 5.41) is 2.10. The molecule has 1 aromatic heterocycles. The third-order valence-corrected chi connectivity index (χ3v) is 2.79. The number of rotatable bonds is 1. The molecule has 78 valence electrons. The lowest BCUT2D eigenvalue weighted by molar-refractivity contribution is 0.509. The smallest absolute Gasteiger partial charge is 0.180 e. The van der Waals surface area contributed by atoms with Crippen molar-refractivity contribution in [2.24, 2.45) is 0 Å². The lowest BCUT2D eigenvalue weighted by atomic mass is 10.1. The second kappa shape index (κ2) is 3.75. The quantitative estimate of drug-likeness (QED) is 0.784. The van der Waals surface area contributed by atoms with Crippen molar-refractivity contribution in [3.8, 4) is 11.3 Å². The van der Waals surface area contributed by atoms with Crippen LogP contribution < -0.4 is 5.73 Å². The number of hydrogen-bond donors (Lipinski definition) is 1. The molecule has 0 saturated heterocycles. The Balaban J connectivity index is 2.58. The first-order valence-corrected chi connectivity index (χ1v) is 5.19. The molecule has 0 saturated carbocycles. The zero-order valence-electron chi connectivity index (χ0n) is 7.30. The van der Waals surface area contributed by atoms with E-state index in [-0.39, 0.29) is 5.02 Å². The highest BCUT2D eigenvalue weighted by Gasteiger charge is 2.12. The normalized spacial score (nSPS) is 10.6. The first kappa shape index (κ1) is 10.3. The van der Waals surface area contributed by atoms with Crippen LogP contribution >= 0.6 is 22.9 Å². The maximum Gasteiger partial charge on any atom is 0.180 e. The van der Waals surface area contributed by atoms with Gasteiger partial charge >= 0.3 is 0 Å². The Morgan fingerprint density at radius 1 is 1.27 bits per heavy atom. The van der Waals surface area contributed by atoms with Crippen LogP contribution in [-0.4, -0.2) is 4.98 Å². The molecule has 15 heavy (non-hydrogen) atoms. The summed E-state index contributed by atoms with van der Waals surface area (Å²) in [7, 11) is 0. The standard InChI is InChI=1S/C9H5ClF2N2S/c10-5-2-7(12)6(11)1-4(5)8-3-15-9(13)14-8/h1-3H,(H2,13,14). The van der Waals surface area contributed by atoms with E-state index in [0.717, 1.165) is 12.1 Å². The minimum absolute atomic E-state index is 0.110. The summed E-state index contributed by atoms with van der Waals surface area (Å²) < 4.78 is 25.7. The Labute approximate surface area is 93.3 Å². The number of nitrogens with two attached hydrogens (primary N) is 1. The van der Waals surface area contributed by atoms with Crippen LogP contribution in [0.2, 0.25) is 5.02 Å². The van der Waals surface area contributed by atoms with Crippen LogP contribution in [0.15, 0.2) is 17.5 Å². The zero-order valence-corrected chi connectivity index (χ0v) is 8.87. The summed E-state index contributed by atoms with van der Waals surface area (Å²) >= 11 is 6.97. The number of benzene rings is 1. The number of nitrogen functional groups attached to an aromatic ring is 1. The zero-order chi connectivity index (χ0) is 11.0. The van der Waals surface area contributed by atoms with Crippen molar-refractivity contribution in [1.29, 1.82) is 0 Å². The van der Waals surface area contributed by atoms with Gasteiger partial charge in [-0.05, 0) is 12.1 Å². The van der Waals surface area contributed by atoms with Gasteiger partial charge in [0.1, 0.15) is 0 Å². The number of thiazole rings is 1. The summed E-state index contributed by atoms with van der Waals surface area (Å²) in [4.78, 5) is 3.94. The summed E-state index contributed by atoms with van der Waals surface area (Å²) in [6.07, 6.45) is 0. The molecular weight excluding hydrogens is 242 g/mol. The van der Waals surface area contributed by atoms with Crippen molar-refractivity contribution < 1.29 is 8.78 Å². The molecule has 2 N–H and O–H groups in total. The van der Waals surface area contributed by atoms with Gasteiger partial charge in [-0.3, -0.25) is 0 Å². The molecule has 0 aliphatic rings. The van der Waals surface area contributed by atoms with Gasteiger partial charge in [-0.2, -0.15) is 0 Å². The van der Waals surface area contributed by atoms with E-state index in [1.165, 1.54) is 11.3 Å². The molecule has 2 aromatic rings. The molecule has 0 unspecified atom stereocenters. The van der Waals surface area contributed by atoms with Gasteiger partial charge in [-0.25, -0.2) is 13.8 Å². The molecule has 0 atom stereocenters. The maximum atomic E-state index is 13.0. The van der Waals surface area contributed by atoms with E-state index >= 15 is 0 Å². The molecule has 0 radical (unpaired) electrons. The predicted octanol–water partition coefficient (Wildman–Crippen LogP) is 3.32. The molecular formula is C9H5ClF2N2S. The minimum atomic E-state index is -0.980. The van der Waals surface area contributed by atoms with Crippen molar-refractivity contribution in [3.05, 3.63) is 34.2 Å². The molecule has 6 heteroatoms. The number of aromatic nitrogens is 1. The van der Waals surface area contributed by atoms with E-state index in [0.29, 0.717) is 16.4 Å². The number of halogens is 3. The highest BCUT2D eigenvalue weighted by atomic mass is 35.5. The van der Waals surface area contributed by atoms with Crippen LogP contribution in [0.1, 0.15) is 0 Å². The average Bonchev–Trinajstić information content (AvgIpc) is 2.58. The van der Waals surface area contributed by atoms with E-state index in [9.17, 15) is 8.78 Å². The van der Waals surface area contributed by atoms with Gasteiger partial charge in [0, 0.05) is 10.9 Å². The molecule has 2 rings (SSSR count). The lowest BCUT2D eigenvalue weighted by Crippen LogP contribution is -1.88. The van der Waals surface area contributed by atoms with Crippen LogP contribution in [-0.2, 0) is 0 Å². The number of nitrogens with zero attached hydrogens (tertiary/aromatic N) is 1. The summed E-state index contributed by atoms with van der Waals surface area (Å²) in [5.74, 6) is -1.94. The lowest BCUT2D eigenvalue weighted by Gasteiger charge is -2.01. The van der Waals surface area contributed by atoms with Gasteiger partial charge in [-0.1, -0.05) is 11.6 Å². The maximum absolute atomic E-state index is 13.0. The van der Waals surface area contributed by atoms with Crippen LogP contribution in [0.3, 0.4) is 0 Å². The van der Waals surface area contributed by atoms with Crippen molar-refractivity contribution in [3.63, 3.8) is 0 Å². The number of anilines is 1. The van der Waals surface area contributed by atoms with Crippen molar-refractivity contribution in [2.75, 3.05) is 5.73 Å². The van der Waals surface area contributed by atoms with Crippen LogP contribution in [0.4, 0.5) is 13.9 Å². The third kappa shape index (κ3) is 1.93. The van der Waals surface area contributed by atoms with Gasteiger partial charge in [0.25, 0.3) is 0 Å². The Morgan fingerprint density at radius 2 is 1.93 bits per heavy atom. The van der Waals surface area contributed by atoms with Crippen molar-refractivity contribution in [1.82, 2.24) is 4.98 Å². The molecule has 1 heterocycles. The second-order valence-electron chi connectivity index (χ2n) is 2.82. The van der Waals surface area contributed by atoms with E-state index in [1.807, 2.05) is 0 Å². The molecule has 0 bridgehead atoms. The van der Waals surface area contributed by atoms with Crippen LogP contribution in [0.25, 0.3) is 11.3 Å². The molecule has 2 nitrogen and oxygen atoms in total. The Morgan fingerprint density at radius 3 is 2.53 bits per heavy atom. The Hall–Kier alpha value is -1.20. The average molecular weight is 247 g/mol. The highest BCUT2D eigenvalue weighted by Crippen LogP contribution is 2.31. The molecule has 0 aliphatic carbocycles. The predicted molar refractivity (Wildman–Crippen MR) is 56.9 cm³/mol. The van der Waals surface area contributed by atoms with Gasteiger partial charge in [-0.15, -0.1) is 11.3 Å². The molecule has 0 fully saturated rings. The molecule has 0 spiro atoms. The monoisotopic (exact) mass is 246 g/mol. The SMILES string of the molecule is Nc1nc(-c2cc(F)c(F)cc2Cl)cs1. The van der Waals surface area contributed by atoms with Crippen molar-refractivity contribution >= 4 is 28.1 Å². The van der Waals surface area contributed by atoms with Crippen LogP contribution in [0, 0.1) is 11.6 Å². The Bertz CT molecular complexity index is 513. The third-order valence-electron chi connectivity index (χ3n) is 1.81. The highest BCUT2D eigenvalue weighted by molar-refractivity contribution is 7.13. The molecule has 1 aromatic carbocycles. The first-order valence-electron chi connectivity index (χ1n) is 3.94. The fourth-order valence-electron chi connectivity index (χ4n) is 1.13. The van der Waals surface area contributed by atoms with Gasteiger partial charge in [0.15, 0.2) is 16.8 Å². The van der Waals surface area contributed by atoms with E-state index < -0.39 is 11.6 Å². The van der Waals surface area contributed by atoms with E-state index in [2.05, 4.69) is 4.98 Å². The van der Waals surface area contributed by atoms with E-state index in [1.54, 1.807) is 5.38 Å². The second-order valence-corrected chi connectivity index (χ2v) is 4.11. The fraction of sp³-hybridized carbons (Fsp3) is 0. The fourth-order valence-corrected chi connectivity index (χ4v) is 1.94. The van der Waals surface area contributed by atoms with Crippen LogP contribution in [0.5, 0.6) is 0 Å². The van der Waals surface area contributed by atoms with E-state index in [4.69, 9.17) is 17.3 Å². The topological polar surface area (TPSA) is 38.9 Å². The van der Waals surface area contributed by atoms with Crippen molar-refractivity contribution in [2.45, 2.75) is 0 Å². The largest absolute Gasteiger partial charge is 0.375 e. The van der Waals surface area contributed by atoms with Gasteiger partial charge in [0.05, 0.1) is 10.7 Å². The van der Waals surface area contributed by atoms with Gasteiger partial charge in [0.2, 0.25) is 0 Å². The summed E-state index contributed by atoms with van der Waals surface area (Å²) in [6.45, 7) is 0. The molecule has 0 amide bonds. The number of hydrogen-bond acceptors (Lipinski definition) is 3. The van der Waals surface area contributed by atoms with Gasteiger partial charge < -0.3 is 5.73 Å². The Kier molecular flexibility index (Phi) is 2.58. The first-order chi connectivity index (χ1) is 7.08.